The fourth-order valence-electron chi connectivity index (χ4n) is 3.30. The van der Waals surface area contributed by atoms with Crippen molar-refractivity contribution >= 4 is 11.6 Å². The summed E-state index contributed by atoms with van der Waals surface area (Å²) in [5.74, 6) is 1.64. The first-order valence-corrected chi connectivity index (χ1v) is 9.77. The first kappa shape index (κ1) is 20.1. The molecule has 5 heteroatoms. The Kier molecular flexibility index (Phi) is 6.12. The third-order valence-electron chi connectivity index (χ3n) is 5.13. The van der Waals surface area contributed by atoms with Crippen LogP contribution in [0, 0.1) is 0 Å². The summed E-state index contributed by atoms with van der Waals surface area (Å²) in [5.41, 5.74) is 2.41. The third kappa shape index (κ3) is 4.97. The zero-order valence-corrected chi connectivity index (χ0v) is 17.3. The number of methoxy groups -OCH3 is 1. The van der Waals surface area contributed by atoms with Gasteiger partial charge in [0.1, 0.15) is 11.5 Å². The van der Waals surface area contributed by atoms with Crippen molar-refractivity contribution in [3.8, 4) is 11.5 Å². The number of amides is 1. The van der Waals surface area contributed by atoms with Crippen molar-refractivity contribution in [3.63, 3.8) is 0 Å². The van der Waals surface area contributed by atoms with Gasteiger partial charge in [0.25, 0.3) is 5.91 Å². The van der Waals surface area contributed by atoms with Crippen LogP contribution in [0.15, 0.2) is 48.5 Å². The molecule has 5 nitrogen and oxygen atoms in total. The highest BCUT2D eigenvalue weighted by Gasteiger charge is 2.22. The van der Waals surface area contributed by atoms with E-state index < -0.39 is 0 Å². The predicted octanol–water partition coefficient (Wildman–Crippen LogP) is 3.72. The fraction of sp³-hybridized carbons (Fsp3) is 0.435. The van der Waals surface area contributed by atoms with E-state index in [2.05, 4.69) is 43.9 Å². The summed E-state index contributed by atoms with van der Waals surface area (Å²) in [4.78, 5) is 16.7. The van der Waals surface area contributed by atoms with E-state index in [0.717, 1.165) is 30.3 Å². The standard InChI is InChI=1S/C23H30N2O3/c1-23(2,3)18-6-5-7-21(16-18)28-17-22(26)25-14-12-24(13-15-25)19-8-10-20(27-4)11-9-19/h5-11,16H,12-15,17H2,1-4H3. The topological polar surface area (TPSA) is 42.0 Å². The van der Waals surface area contributed by atoms with Crippen LogP contribution in [0.3, 0.4) is 0 Å². The van der Waals surface area contributed by atoms with Crippen molar-refractivity contribution in [3.05, 3.63) is 54.1 Å². The molecule has 0 radical (unpaired) electrons. The van der Waals surface area contributed by atoms with Gasteiger partial charge in [-0.2, -0.15) is 0 Å². The van der Waals surface area contributed by atoms with Gasteiger partial charge < -0.3 is 19.3 Å². The van der Waals surface area contributed by atoms with E-state index in [-0.39, 0.29) is 17.9 Å². The number of benzene rings is 2. The number of rotatable bonds is 5. The molecule has 3 rings (SSSR count). The normalized spacial score (nSPS) is 14.7. The number of piperazine rings is 1. The lowest BCUT2D eigenvalue weighted by atomic mass is 9.87. The number of hydrogen-bond donors (Lipinski definition) is 0. The van der Waals surface area contributed by atoms with Gasteiger partial charge in [-0.3, -0.25) is 4.79 Å². The Morgan fingerprint density at radius 1 is 0.964 bits per heavy atom. The van der Waals surface area contributed by atoms with Crippen LogP contribution in [-0.2, 0) is 10.2 Å². The molecule has 0 atom stereocenters. The van der Waals surface area contributed by atoms with E-state index in [1.165, 1.54) is 5.56 Å². The van der Waals surface area contributed by atoms with Crippen LogP contribution < -0.4 is 14.4 Å². The van der Waals surface area contributed by atoms with E-state index >= 15 is 0 Å². The van der Waals surface area contributed by atoms with Gasteiger partial charge in [-0.15, -0.1) is 0 Å². The molecule has 0 spiro atoms. The van der Waals surface area contributed by atoms with Crippen LogP contribution in [0.5, 0.6) is 11.5 Å². The molecule has 1 aliphatic rings. The molecule has 1 saturated heterocycles. The highest BCUT2D eigenvalue weighted by atomic mass is 16.5. The van der Waals surface area contributed by atoms with Crippen LogP contribution in [-0.4, -0.2) is 50.7 Å². The Morgan fingerprint density at radius 2 is 1.64 bits per heavy atom. The number of nitrogens with zero attached hydrogens (tertiary/aromatic N) is 2. The summed E-state index contributed by atoms with van der Waals surface area (Å²) < 4.78 is 11.0. The van der Waals surface area contributed by atoms with Gasteiger partial charge in [0.05, 0.1) is 7.11 Å². The van der Waals surface area contributed by atoms with Gasteiger partial charge in [-0.05, 0) is 47.4 Å². The molecule has 1 amide bonds. The molecule has 2 aromatic carbocycles. The Labute approximate surface area is 167 Å². The Hall–Kier alpha value is -2.69. The largest absolute Gasteiger partial charge is 0.497 e. The van der Waals surface area contributed by atoms with E-state index in [1.54, 1.807) is 7.11 Å². The van der Waals surface area contributed by atoms with Crippen LogP contribution in [0.25, 0.3) is 0 Å². The molecule has 0 aliphatic carbocycles. The van der Waals surface area contributed by atoms with Crippen molar-refractivity contribution < 1.29 is 14.3 Å². The number of ether oxygens (including phenoxy) is 2. The number of anilines is 1. The smallest absolute Gasteiger partial charge is 0.260 e. The fourth-order valence-corrected chi connectivity index (χ4v) is 3.30. The lowest BCUT2D eigenvalue weighted by Crippen LogP contribution is -2.50. The maximum Gasteiger partial charge on any atom is 0.260 e. The van der Waals surface area contributed by atoms with E-state index in [1.807, 2.05) is 35.2 Å². The van der Waals surface area contributed by atoms with Crippen molar-refractivity contribution in [2.75, 3.05) is 44.8 Å². The lowest BCUT2D eigenvalue weighted by molar-refractivity contribution is -0.133. The summed E-state index contributed by atoms with van der Waals surface area (Å²) in [7, 11) is 1.67. The molecular weight excluding hydrogens is 352 g/mol. The number of carbonyl (C=O) groups is 1. The zero-order valence-electron chi connectivity index (χ0n) is 17.3. The summed E-state index contributed by atoms with van der Waals surface area (Å²) in [6.45, 7) is 9.62. The van der Waals surface area contributed by atoms with Gasteiger partial charge in [0.2, 0.25) is 0 Å². The monoisotopic (exact) mass is 382 g/mol. The second kappa shape index (κ2) is 8.55. The molecule has 0 aromatic heterocycles. The average molecular weight is 383 g/mol. The van der Waals surface area contributed by atoms with Crippen molar-refractivity contribution in [2.24, 2.45) is 0 Å². The predicted molar refractivity (Wildman–Crippen MR) is 112 cm³/mol. The van der Waals surface area contributed by atoms with E-state index in [0.29, 0.717) is 13.1 Å². The molecule has 2 aromatic rings. The summed E-state index contributed by atoms with van der Waals surface area (Å²) in [6, 6.07) is 16.0. The van der Waals surface area contributed by atoms with Gasteiger partial charge in [0, 0.05) is 31.9 Å². The molecule has 1 aliphatic heterocycles. The minimum Gasteiger partial charge on any atom is -0.497 e. The van der Waals surface area contributed by atoms with Gasteiger partial charge in [-0.1, -0.05) is 32.9 Å². The molecule has 0 unspecified atom stereocenters. The summed E-state index contributed by atoms with van der Waals surface area (Å²) in [5, 5.41) is 0. The van der Waals surface area contributed by atoms with Crippen LogP contribution in [0.2, 0.25) is 0 Å². The molecular formula is C23H30N2O3. The van der Waals surface area contributed by atoms with Gasteiger partial charge in [0.15, 0.2) is 6.61 Å². The molecule has 1 fully saturated rings. The van der Waals surface area contributed by atoms with Crippen molar-refractivity contribution in [1.29, 1.82) is 0 Å². The van der Waals surface area contributed by atoms with Crippen molar-refractivity contribution in [2.45, 2.75) is 26.2 Å². The second-order valence-electron chi connectivity index (χ2n) is 8.13. The van der Waals surface area contributed by atoms with Crippen molar-refractivity contribution in [1.82, 2.24) is 4.90 Å². The van der Waals surface area contributed by atoms with Crippen LogP contribution in [0.1, 0.15) is 26.3 Å². The maximum absolute atomic E-state index is 12.5. The lowest BCUT2D eigenvalue weighted by Gasteiger charge is -2.36. The third-order valence-corrected chi connectivity index (χ3v) is 5.13. The highest BCUT2D eigenvalue weighted by molar-refractivity contribution is 5.78. The first-order valence-electron chi connectivity index (χ1n) is 9.77. The Balaban J connectivity index is 1.50. The quantitative estimate of drug-likeness (QED) is 0.790. The van der Waals surface area contributed by atoms with Crippen LogP contribution >= 0.6 is 0 Å². The average Bonchev–Trinajstić information content (AvgIpc) is 2.72. The van der Waals surface area contributed by atoms with Crippen LogP contribution in [0.4, 0.5) is 5.69 Å². The maximum atomic E-state index is 12.5. The summed E-state index contributed by atoms with van der Waals surface area (Å²) >= 11 is 0. The SMILES string of the molecule is COc1ccc(N2CCN(C(=O)COc3cccc(C(C)(C)C)c3)CC2)cc1. The zero-order chi connectivity index (χ0) is 20.1. The molecule has 28 heavy (non-hydrogen) atoms. The summed E-state index contributed by atoms with van der Waals surface area (Å²) in [6.07, 6.45) is 0. The molecule has 150 valence electrons. The molecule has 0 N–H and O–H groups in total. The molecule has 1 heterocycles. The number of hydrogen-bond acceptors (Lipinski definition) is 4. The minimum atomic E-state index is 0.0375. The van der Waals surface area contributed by atoms with Gasteiger partial charge >= 0.3 is 0 Å². The van der Waals surface area contributed by atoms with E-state index in [9.17, 15) is 4.79 Å². The Bertz CT molecular complexity index is 788. The van der Waals surface area contributed by atoms with E-state index in [4.69, 9.17) is 9.47 Å². The second-order valence-corrected chi connectivity index (χ2v) is 8.13. The Morgan fingerprint density at radius 3 is 2.25 bits per heavy atom. The highest BCUT2D eigenvalue weighted by Crippen LogP contribution is 2.25. The van der Waals surface area contributed by atoms with Gasteiger partial charge in [-0.25, -0.2) is 0 Å². The molecule has 0 saturated carbocycles. The number of carbonyl (C=O) groups excluding carboxylic acids is 1. The minimum absolute atomic E-state index is 0.0375. The first-order chi connectivity index (χ1) is 13.4. The molecule has 0 bridgehead atoms.